The second-order valence-corrected chi connectivity index (χ2v) is 6.43. The van der Waals surface area contributed by atoms with Crippen molar-refractivity contribution in [2.45, 2.75) is 19.4 Å². The lowest BCUT2D eigenvalue weighted by molar-refractivity contribution is 0.0792. The molecule has 3 rings (SSSR count). The third-order valence-corrected chi connectivity index (χ3v) is 4.43. The zero-order chi connectivity index (χ0) is 17.8. The first-order chi connectivity index (χ1) is 12.0. The predicted molar refractivity (Wildman–Crippen MR) is 95.9 cm³/mol. The van der Waals surface area contributed by atoms with Crippen LogP contribution in [0.1, 0.15) is 39.1 Å². The van der Waals surface area contributed by atoms with E-state index in [1.54, 1.807) is 24.3 Å². The third kappa shape index (κ3) is 4.12. The van der Waals surface area contributed by atoms with Crippen molar-refractivity contribution in [2.75, 3.05) is 13.1 Å². The summed E-state index contributed by atoms with van der Waals surface area (Å²) in [5, 5.41) is 0.422. The van der Waals surface area contributed by atoms with Gasteiger partial charge in [0.25, 0.3) is 11.8 Å². The molecule has 1 aliphatic heterocycles. The molecule has 0 spiro atoms. The number of amides is 2. The predicted octanol–water partition coefficient (Wildman–Crippen LogP) is 3.25. The average molecular weight is 359 g/mol. The molecular weight excluding hydrogens is 340 g/mol. The first-order valence-electron chi connectivity index (χ1n) is 8.15. The van der Waals surface area contributed by atoms with Crippen molar-refractivity contribution in [3.63, 3.8) is 0 Å². The zero-order valence-corrected chi connectivity index (χ0v) is 14.5. The number of ether oxygens (including phenoxy) is 1. The molecule has 0 bridgehead atoms. The molecule has 0 aromatic heterocycles. The van der Waals surface area contributed by atoms with Crippen LogP contribution in [0.3, 0.4) is 0 Å². The van der Waals surface area contributed by atoms with Gasteiger partial charge in [0.15, 0.2) is 0 Å². The third-order valence-electron chi connectivity index (χ3n) is 4.20. The standard InChI is InChI=1S/C19H19ClN2O3/c20-15-7-8-17(16(11-15)18(21)23)25-12-13-3-5-14(6-4-13)19(24)22-9-1-2-10-22/h3-8,11H,1-2,9-10,12H2,(H2,21,23). The highest BCUT2D eigenvalue weighted by Crippen LogP contribution is 2.23. The summed E-state index contributed by atoms with van der Waals surface area (Å²) in [7, 11) is 0. The first kappa shape index (κ1) is 17.3. The molecule has 0 unspecified atom stereocenters. The molecule has 130 valence electrons. The van der Waals surface area contributed by atoms with Crippen LogP contribution in [0, 0.1) is 0 Å². The maximum atomic E-state index is 12.3. The van der Waals surface area contributed by atoms with Crippen LogP contribution in [0.4, 0.5) is 0 Å². The van der Waals surface area contributed by atoms with Crippen LogP contribution < -0.4 is 10.5 Å². The lowest BCUT2D eigenvalue weighted by Gasteiger charge is -2.15. The summed E-state index contributed by atoms with van der Waals surface area (Å²) in [5.74, 6) is -0.142. The highest BCUT2D eigenvalue weighted by atomic mass is 35.5. The summed E-state index contributed by atoms with van der Waals surface area (Å²) in [6.07, 6.45) is 2.14. The monoisotopic (exact) mass is 358 g/mol. The Morgan fingerprint density at radius 2 is 1.76 bits per heavy atom. The summed E-state index contributed by atoms with van der Waals surface area (Å²) in [6, 6.07) is 12.0. The van der Waals surface area contributed by atoms with Gasteiger partial charge in [0.2, 0.25) is 0 Å². The normalized spacial score (nSPS) is 13.7. The number of hydrogen-bond donors (Lipinski definition) is 1. The van der Waals surface area contributed by atoms with Gasteiger partial charge < -0.3 is 15.4 Å². The molecule has 0 saturated carbocycles. The number of nitrogens with zero attached hydrogens (tertiary/aromatic N) is 1. The van der Waals surface area contributed by atoms with Gasteiger partial charge >= 0.3 is 0 Å². The molecular formula is C19H19ClN2O3. The molecule has 1 heterocycles. The van der Waals surface area contributed by atoms with Gasteiger partial charge in [0.05, 0.1) is 5.56 Å². The van der Waals surface area contributed by atoms with E-state index in [-0.39, 0.29) is 18.1 Å². The topological polar surface area (TPSA) is 72.6 Å². The second kappa shape index (κ2) is 7.57. The van der Waals surface area contributed by atoms with Gasteiger partial charge in [-0.3, -0.25) is 9.59 Å². The van der Waals surface area contributed by atoms with Crippen LogP contribution in [0.25, 0.3) is 0 Å². The Labute approximate surface area is 151 Å². The van der Waals surface area contributed by atoms with Crippen molar-refractivity contribution in [3.8, 4) is 5.75 Å². The molecule has 5 nitrogen and oxygen atoms in total. The van der Waals surface area contributed by atoms with Gasteiger partial charge in [-0.25, -0.2) is 0 Å². The molecule has 0 aliphatic carbocycles. The lowest BCUT2D eigenvalue weighted by atomic mass is 10.1. The molecule has 1 aliphatic rings. The minimum Gasteiger partial charge on any atom is -0.488 e. The molecule has 2 amide bonds. The maximum Gasteiger partial charge on any atom is 0.253 e. The number of likely N-dealkylation sites (tertiary alicyclic amines) is 1. The van der Waals surface area contributed by atoms with Crippen molar-refractivity contribution < 1.29 is 14.3 Å². The number of rotatable bonds is 5. The second-order valence-electron chi connectivity index (χ2n) is 5.99. The quantitative estimate of drug-likeness (QED) is 0.891. The number of benzene rings is 2. The molecule has 1 saturated heterocycles. The van der Waals surface area contributed by atoms with Gasteiger partial charge in [0.1, 0.15) is 12.4 Å². The van der Waals surface area contributed by atoms with Crippen LogP contribution in [0.15, 0.2) is 42.5 Å². The minimum atomic E-state index is -0.593. The van der Waals surface area contributed by atoms with E-state index >= 15 is 0 Å². The SMILES string of the molecule is NC(=O)c1cc(Cl)ccc1OCc1ccc(C(=O)N2CCCC2)cc1. The summed E-state index contributed by atoms with van der Waals surface area (Å²) in [4.78, 5) is 25.7. The van der Waals surface area contributed by atoms with E-state index in [4.69, 9.17) is 22.1 Å². The molecule has 2 aromatic rings. The Bertz CT molecular complexity index is 784. The van der Waals surface area contributed by atoms with Gasteiger partial charge in [-0.05, 0) is 48.7 Å². The Morgan fingerprint density at radius 1 is 1.08 bits per heavy atom. The first-order valence-corrected chi connectivity index (χ1v) is 8.53. The average Bonchev–Trinajstić information content (AvgIpc) is 3.15. The number of hydrogen-bond acceptors (Lipinski definition) is 3. The van der Waals surface area contributed by atoms with Gasteiger partial charge in [0, 0.05) is 23.7 Å². The highest BCUT2D eigenvalue weighted by Gasteiger charge is 2.19. The fourth-order valence-electron chi connectivity index (χ4n) is 2.83. The van der Waals surface area contributed by atoms with Crippen LogP contribution in [-0.2, 0) is 6.61 Å². The summed E-state index contributed by atoms with van der Waals surface area (Å²) >= 11 is 5.88. The van der Waals surface area contributed by atoms with E-state index in [2.05, 4.69) is 0 Å². The number of primary amides is 1. The van der Waals surface area contributed by atoms with Crippen molar-refractivity contribution in [2.24, 2.45) is 5.73 Å². The lowest BCUT2D eigenvalue weighted by Crippen LogP contribution is -2.27. The largest absolute Gasteiger partial charge is 0.488 e. The van der Waals surface area contributed by atoms with E-state index in [1.165, 1.54) is 6.07 Å². The number of carbonyl (C=O) groups is 2. The van der Waals surface area contributed by atoms with E-state index in [9.17, 15) is 9.59 Å². The molecule has 0 radical (unpaired) electrons. The fraction of sp³-hybridized carbons (Fsp3) is 0.263. The van der Waals surface area contributed by atoms with Crippen molar-refractivity contribution in [3.05, 3.63) is 64.2 Å². The molecule has 6 heteroatoms. The van der Waals surface area contributed by atoms with E-state index < -0.39 is 5.91 Å². The number of carbonyl (C=O) groups excluding carboxylic acids is 2. The Morgan fingerprint density at radius 3 is 2.40 bits per heavy atom. The Balaban J connectivity index is 1.66. The highest BCUT2D eigenvalue weighted by molar-refractivity contribution is 6.31. The zero-order valence-electron chi connectivity index (χ0n) is 13.7. The van der Waals surface area contributed by atoms with Crippen LogP contribution in [0.2, 0.25) is 5.02 Å². The van der Waals surface area contributed by atoms with Crippen molar-refractivity contribution in [1.82, 2.24) is 4.90 Å². The van der Waals surface area contributed by atoms with Gasteiger partial charge in [-0.1, -0.05) is 23.7 Å². The van der Waals surface area contributed by atoms with Crippen molar-refractivity contribution >= 4 is 23.4 Å². The molecule has 25 heavy (non-hydrogen) atoms. The Kier molecular flexibility index (Phi) is 5.24. The van der Waals surface area contributed by atoms with Gasteiger partial charge in [-0.15, -0.1) is 0 Å². The smallest absolute Gasteiger partial charge is 0.253 e. The fourth-order valence-corrected chi connectivity index (χ4v) is 3.00. The van der Waals surface area contributed by atoms with Crippen molar-refractivity contribution in [1.29, 1.82) is 0 Å². The van der Waals surface area contributed by atoms with E-state index in [1.807, 2.05) is 17.0 Å². The minimum absolute atomic E-state index is 0.0682. The van der Waals surface area contributed by atoms with E-state index in [0.29, 0.717) is 16.3 Å². The molecule has 2 aromatic carbocycles. The number of halogens is 1. The molecule has 0 atom stereocenters. The van der Waals surface area contributed by atoms with E-state index in [0.717, 1.165) is 31.5 Å². The van der Waals surface area contributed by atoms with Crippen LogP contribution >= 0.6 is 11.6 Å². The number of nitrogens with two attached hydrogens (primary N) is 1. The summed E-state index contributed by atoms with van der Waals surface area (Å²) < 4.78 is 5.68. The van der Waals surface area contributed by atoms with Crippen LogP contribution in [0.5, 0.6) is 5.75 Å². The maximum absolute atomic E-state index is 12.3. The van der Waals surface area contributed by atoms with Crippen LogP contribution in [-0.4, -0.2) is 29.8 Å². The Hall–Kier alpha value is -2.53. The molecule has 2 N–H and O–H groups in total. The summed E-state index contributed by atoms with van der Waals surface area (Å²) in [5.41, 5.74) is 7.16. The summed E-state index contributed by atoms with van der Waals surface area (Å²) in [6.45, 7) is 1.92. The molecule has 1 fully saturated rings. The van der Waals surface area contributed by atoms with Gasteiger partial charge in [-0.2, -0.15) is 0 Å².